The largest absolute Gasteiger partial charge is 0.389 e. The van der Waals surface area contributed by atoms with Crippen LogP contribution in [0.5, 0.6) is 0 Å². The highest BCUT2D eigenvalue weighted by atomic mass is 16.3. The van der Waals surface area contributed by atoms with Crippen molar-refractivity contribution in [2.75, 3.05) is 13.1 Å². The molecule has 1 aliphatic heterocycles. The minimum Gasteiger partial charge on any atom is -0.389 e. The van der Waals surface area contributed by atoms with E-state index in [0.717, 1.165) is 38.8 Å². The Labute approximate surface area is 110 Å². The van der Waals surface area contributed by atoms with Crippen LogP contribution < -0.4 is 5.32 Å². The van der Waals surface area contributed by atoms with E-state index in [1.807, 2.05) is 0 Å². The zero-order valence-corrected chi connectivity index (χ0v) is 11.6. The fraction of sp³-hybridized carbons (Fsp3) is 0.625. The van der Waals surface area contributed by atoms with Crippen molar-refractivity contribution >= 4 is 0 Å². The number of benzene rings is 1. The Balaban J connectivity index is 2.09. The van der Waals surface area contributed by atoms with E-state index in [2.05, 4.69) is 43.4 Å². The maximum Gasteiger partial charge on any atom is 0.0740 e. The van der Waals surface area contributed by atoms with Crippen molar-refractivity contribution in [2.24, 2.45) is 5.92 Å². The Morgan fingerprint density at radius 3 is 2.50 bits per heavy atom. The first-order valence-corrected chi connectivity index (χ1v) is 7.19. The van der Waals surface area contributed by atoms with Gasteiger partial charge in [0, 0.05) is 18.9 Å². The van der Waals surface area contributed by atoms with E-state index in [9.17, 15) is 5.11 Å². The average Bonchev–Trinajstić information content (AvgIpc) is 2.40. The fourth-order valence-electron chi connectivity index (χ4n) is 2.98. The normalized spacial score (nSPS) is 28.3. The van der Waals surface area contributed by atoms with Gasteiger partial charge in [0.25, 0.3) is 0 Å². The van der Waals surface area contributed by atoms with Crippen LogP contribution in [0.25, 0.3) is 0 Å². The third-order valence-electron chi connectivity index (χ3n) is 4.32. The molecule has 0 spiro atoms. The van der Waals surface area contributed by atoms with Gasteiger partial charge in [-0.25, -0.2) is 0 Å². The molecule has 0 amide bonds. The number of aryl methyl sites for hydroxylation is 1. The molecule has 0 saturated carbocycles. The lowest BCUT2D eigenvalue weighted by Gasteiger charge is -2.40. The van der Waals surface area contributed by atoms with Gasteiger partial charge >= 0.3 is 0 Å². The zero-order valence-electron chi connectivity index (χ0n) is 11.6. The standard InChI is InChI=1S/C16H25NO/c1-3-13-5-7-14(8-6-13)11-16(18)9-10-17-12-15(16)4-2/h5-8,15,17-18H,3-4,9-12H2,1-2H3. The second-order valence-electron chi connectivity index (χ2n) is 5.51. The maximum absolute atomic E-state index is 10.9. The van der Waals surface area contributed by atoms with Gasteiger partial charge < -0.3 is 10.4 Å². The molecule has 1 aliphatic rings. The van der Waals surface area contributed by atoms with Crippen molar-refractivity contribution in [3.05, 3.63) is 35.4 Å². The number of hydrogen-bond donors (Lipinski definition) is 2. The van der Waals surface area contributed by atoms with Crippen LogP contribution in [0.1, 0.15) is 37.8 Å². The molecule has 1 saturated heterocycles. The quantitative estimate of drug-likeness (QED) is 0.857. The Morgan fingerprint density at radius 2 is 1.89 bits per heavy atom. The molecule has 0 aliphatic carbocycles. The molecule has 0 radical (unpaired) electrons. The number of piperidine rings is 1. The molecule has 2 rings (SSSR count). The van der Waals surface area contributed by atoms with Gasteiger partial charge in [0.2, 0.25) is 0 Å². The third-order valence-corrected chi connectivity index (χ3v) is 4.32. The Hall–Kier alpha value is -0.860. The maximum atomic E-state index is 10.9. The molecule has 0 aromatic heterocycles. The molecule has 1 aromatic carbocycles. The van der Waals surface area contributed by atoms with Crippen LogP contribution in [0.4, 0.5) is 0 Å². The highest BCUT2D eigenvalue weighted by Crippen LogP contribution is 2.30. The van der Waals surface area contributed by atoms with Gasteiger partial charge in [0.15, 0.2) is 0 Å². The summed E-state index contributed by atoms with van der Waals surface area (Å²) in [5.74, 6) is 0.372. The third kappa shape index (κ3) is 2.93. The predicted molar refractivity (Wildman–Crippen MR) is 75.7 cm³/mol. The monoisotopic (exact) mass is 247 g/mol. The Bertz CT molecular complexity index is 373. The number of nitrogens with one attached hydrogen (secondary N) is 1. The summed E-state index contributed by atoms with van der Waals surface area (Å²) in [6.07, 6.45) is 3.76. The van der Waals surface area contributed by atoms with Crippen molar-refractivity contribution in [1.82, 2.24) is 5.32 Å². The van der Waals surface area contributed by atoms with Crippen molar-refractivity contribution in [3.63, 3.8) is 0 Å². The molecule has 2 nitrogen and oxygen atoms in total. The molecule has 18 heavy (non-hydrogen) atoms. The molecule has 0 bridgehead atoms. The van der Waals surface area contributed by atoms with Crippen LogP contribution in [-0.2, 0) is 12.8 Å². The number of aliphatic hydroxyl groups is 1. The van der Waals surface area contributed by atoms with Crippen molar-refractivity contribution in [1.29, 1.82) is 0 Å². The molecular formula is C16H25NO. The first-order chi connectivity index (χ1) is 8.68. The minimum absolute atomic E-state index is 0.372. The van der Waals surface area contributed by atoms with Gasteiger partial charge in [-0.2, -0.15) is 0 Å². The van der Waals surface area contributed by atoms with Gasteiger partial charge in [-0.05, 0) is 36.9 Å². The molecular weight excluding hydrogens is 222 g/mol. The first kappa shape index (κ1) is 13.6. The van der Waals surface area contributed by atoms with E-state index >= 15 is 0 Å². The summed E-state index contributed by atoms with van der Waals surface area (Å²) < 4.78 is 0. The SMILES string of the molecule is CCc1ccc(CC2(O)CCNCC2CC)cc1. The zero-order chi connectivity index (χ0) is 13.0. The number of rotatable bonds is 4. The van der Waals surface area contributed by atoms with Gasteiger partial charge in [0.1, 0.15) is 0 Å². The van der Waals surface area contributed by atoms with Crippen molar-refractivity contribution < 1.29 is 5.11 Å². The number of hydrogen-bond acceptors (Lipinski definition) is 2. The van der Waals surface area contributed by atoms with E-state index in [4.69, 9.17) is 0 Å². The summed E-state index contributed by atoms with van der Waals surface area (Å²) in [7, 11) is 0. The summed E-state index contributed by atoms with van der Waals surface area (Å²) in [5.41, 5.74) is 2.10. The molecule has 1 heterocycles. The van der Waals surface area contributed by atoms with Crippen molar-refractivity contribution in [3.8, 4) is 0 Å². The molecule has 2 N–H and O–H groups in total. The summed E-state index contributed by atoms with van der Waals surface area (Å²) in [6.45, 7) is 6.21. The van der Waals surface area contributed by atoms with Gasteiger partial charge in [-0.15, -0.1) is 0 Å². The summed E-state index contributed by atoms with van der Waals surface area (Å²) >= 11 is 0. The summed E-state index contributed by atoms with van der Waals surface area (Å²) in [6, 6.07) is 8.71. The summed E-state index contributed by atoms with van der Waals surface area (Å²) in [5, 5.41) is 14.3. The van der Waals surface area contributed by atoms with Crippen LogP contribution in [0.2, 0.25) is 0 Å². The van der Waals surface area contributed by atoms with Gasteiger partial charge in [-0.3, -0.25) is 0 Å². The smallest absolute Gasteiger partial charge is 0.0740 e. The van der Waals surface area contributed by atoms with E-state index in [-0.39, 0.29) is 0 Å². The van der Waals surface area contributed by atoms with Crippen LogP contribution in [0, 0.1) is 5.92 Å². The second-order valence-corrected chi connectivity index (χ2v) is 5.51. The fourth-order valence-corrected chi connectivity index (χ4v) is 2.98. The van der Waals surface area contributed by atoms with Gasteiger partial charge in [0.05, 0.1) is 5.60 Å². The Kier molecular flexibility index (Phi) is 4.41. The highest BCUT2D eigenvalue weighted by Gasteiger charge is 2.37. The highest BCUT2D eigenvalue weighted by molar-refractivity contribution is 5.24. The minimum atomic E-state index is -0.520. The first-order valence-electron chi connectivity index (χ1n) is 7.19. The second kappa shape index (κ2) is 5.85. The van der Waals surface area contributed by atoms with Gasteiger partial charge in [-0.1, -0.05) is 38.1 Å². The van der Waals surface area contributed by atoms with Crippen LogP contribution >= 0.6 is 0 Å². The molecule has 2 heteroatoms. The van der Waals surface area contributed by atoms with Crippen LogP contribution in [-0.4, -0.2) is 23.8 Å². The lowest BCUT2D eigenvalue weighted by Crippen LogP contribution is -2.51. The van der Waals surface area contributed by atoms with Crippen molar-refractivity contribution in [2.45, 2.75) is 45.1 Å². The molecule has 2 atom stereocenters. The summed E-state index contributed by atoms with van der Waals surface area (Å²) in [4.78, 5) is 0. The van der Waals surface area contributed by atoms with Crippen LogP contribution in [0.15, 0.2) is 24.3 Å². The molecule has 1 aromatic rings. The molecule has 2 unspecified atom stereocenters. The molecule has 100 valence electrons. The Morgan fingerprint density at radius 1 is 1.22 bits per heavy atom. The lowest BCUT2D eigenvalue weighted by atomic mass is 9.76. The average molecular weight is 247 g/mol. The van der Waals surface area contributed by atoms with Crippen LogP contribution in [0.3, 0.4) is 0 Å². The lowest BCUT2D eigenvalue weighted by molar-refractivity contribution is -0.0414. The van der Waals surface area contributed by atoms with E-state index in [1.54, 1.807) is 0 Å². The van der Waals surface area contributed by atoms with E-state index in [1.165, 1.54) is 11.1 Å². The predicted octanol–water partition coefficient (Wildman–Crippen LogP) is 2.54. The molecule has 1 fully saturated rings. The van der Waals surface area contributed by atoms with E-state index in [0.29, 0.717) is 5.92 Å². The topological polar surface area (TPSA) is 32.3 Å². The van der Waals surface area contributed by atoms with E-state index < -0.39 is 5.60 Å².